The number of benzene rings is 1. The standard InChI is InChI=1S/C11H14O3S/c1-8-6-9(2)11(10(3)7-8)4-5-15(12,13)14/h4-7H,1-3H3,(H,12,13,14)/b5-4+. The number of rotatable bonds is 2. The van der Waals surface area contributed by atoms with Crippen LogP contribution in [0.5, 0.6) is 0 Å². The minimum atomic E-state index is -4.05. The molecule has 0 saturated heterocycles. The molecule has 0 aliphatic carbocycles. The number of aryl methyl sites for hydroxylation is 3. The van der Waals surface area contributed by atoms with Gasteiger partial charge in [-0.2, -0.15) is 8.42 Å². The average molecular weight is 226 g/mol. The van der Waals surface area contributed by atoms with Crippen molar-refractivity contribution >= 4 is 16.2 Å². The van der Waals surface area contributed by atoms with Crippen LogP contribution in [0.3, 0.4) is 0 Å². The van der Waals surface area contributed by atoms with Gasteiger partial charge in [-0.15, -0.1) is 0 Å². The summed E-state index contributed by atoms with van der Waals surface area (Å²) in [4.78, 5) is 0. The maximum atomic E-state index is 10.6. The predicted octanol–water partition coefficient (Wildman–Crippen LogP) is 2.47. The van der Waals surface area contributed by atoms with E-state index in [9.17, 15) is 8.42 Å². The molecular weight excluding hydrogens is 212 g/mol. The monoisotopic (exact) mass is 226 g/mol. The minimum absolute atomic E-state index is 0.803. The molecule has 0 aliphatic heterocycles. The highest BCUT2D eigenvalue weighted by molar-refractivity contribution is 7.88. The Kier molecular flexibility index (Phi) is 3.31. The normalized spacial score (nSPS) is 12.3. The third-order valence-corrected chi connectivity index (χ3v) is 2.62. The van der Waals surface area contributed by atoms with Crippen LogP contribution in [-0.2, 0) is 10.1 Å². The van der Waals surface area contributed by atoms with Crippen LogP contribution in [0.2, 0.25) is 0 Å². The van der Waals surface area contributed by atoms with E-state index in [2.05, 4.69) is 0 Å². The molecule has 1 rings (SSSR count). The summed E-state index contributed by atoms with van der Waals surface area (Å²) in [7, 11) is -4.05. The molecule has 0 aliphatic rings. The smallest absolute Gasteiger partial charge is 0.282 e. The first-order chi connectivity index (χ1) is 6.79. The van der Waals surface area contributed by atoms with Gasteiger partial charge in [0.05, 0.1) is 5.41 Å². The number of hydrogen-bond donors (Lipinski definition) is 1. The van der Waals surface area contributed by atoms with Crippen molar-refractivity contribution in [3.63, 3.8) is 0 Å². The molecule has 0 spiro atoms. The van der Waals surface area contributed by atoms with Gasteiger partial charge >= 0.3 is 0 Å². The molecule has 15 heavy (non-hydrogen) atoms. The zero-order chi connectivity index (χ0) is 11.6. The van der Waals surface area contributed by atoms with Crippen LogP contribution >= 0.6 is 0 Å². The summed E-state index contributed by atoms with van der Waals surface area (Å²) in [6.45, 7) is 5.80. The van der Waals surface area contributed by atoms with Crippen molar-refractivity contribution < 1.29 is 13.0 Å². The molecule has 3 nitrogen and oxygen atoms in total. The Labute approximate surface area is 90.2 Å². The first kappa shape index (κ1) is 11.9. The third-order valence-electron chi connectivity index (χ3n) is 2.14. The summed E-state index contributed by atoms with van der Waals surface area (Å²) < 4.78 is 29.7. The van der Waals surface area contributed by atoms with Gasteiger partial charge in [0.2, 0.25) is 0 Å². The van der Waals surface area contributed by atoms with Gasteiger partial charge in [0.25, 0.3) is 10.1 Å². The molecule has 1 aromatic carbocycles. The van der Waals surface area contributed by atoms with E-state index < -0.39 is 10.1 Å². The van der Waals surface area contributed by atoms with Crippen LogP contribution < -0.4 is 0 Å². The SMILES string of the molecule is Cc1cc(C)c(/C=C/S(=O)(=O)O)c(C)c1. The summed E-state index contributed by atoms with van der Waals surface area (Å²) in [6, 6.07) is 3.94. The predicted molar refractivity (Wildman–Crippen MR) is 61.2 cm³/mol. The fourth-order valence-electron chi connectivity index (χ4n) is 1.61. The molecule has 1 aromatic rings. The fourth-order valence-corrected chi connectivity index (χ4v) is 1.92. The van der Waals surface area contributed by atoms with Crippen LogP contribution in [-0.4, -0.2) is 13.0 Å². The van der Waals surface area contributed by atoms with Gasteiger partial charge in [0.1, 0.15) is 0 Å². The topological polar surface area (TPSA) is 54.4 Å². The molecule has 0 aromatic heterocycles. The summed E-state index contributed by atoms with van der Waals surface area (Å²) in [5.41, 5.74) is 3.95. The van der Waals surface area contributed by atoms with Gasteiger partial charge in [0, 0.05) is 0 Å². The maximum absolute atomic E-state index is 10.6. The van der Waals surface area contributed by atoms with Gasteiger partial charge < -0.3 is 0 Å². The quantitative estimate of drug-likeness (QED) is 0.788. The molecule has 0 heterocycles. The lowest BCUT2D eigenvalue weighted by Gasteiger charge is -2.06. The van der Waals surface area contributed by atoms with E-state index >= 15 is 0 Å². The summed E-state index contributed by atoms with van der Waals surface area (Å²) in [5.74, 6) is 0. The highest BCUT2D eigenvalue weighted by atomic mass is 32.2. The van der Waals surface area contributed by atoms with E-state index in [1.807, 2.05) is 32.9 Å². The lowest BCUT2D eigenvalue weighted by atomic mass is 10.0. The molecule has 0 bridgehead atoms. The number of hydrogen-bond acceptors (Lipinski definition) is 2. The molecule has 0 amide bonds. The minimum Gasteiger partial charge on any atom is -0.282 e. The molecule has 82 valence electrons. The maximum Gasteiger partial charge on any atom is 0.287 e. The second kappa shape index (κ2) is 4.16. The van der Waals surface area contributed by atoms with E-state index in [0.717, 1.165) is 27.7 Å². The second-order valence-corrected chi connectivity index (χ2v) is 4.93. The van der Waals surface area contributed by atoms with Crippen LogP contribution in [0.15, 0.2) is 17.5 Å². The van der Waals surface area contributed by atoms with E-state index in [1.54, 1.807) is 0 Å². The summed E-state index contributed by atoms with van der Waals surface area (Å²) >= 11 is 0. The Morgan fingerprint density at radius 3 is 2.00 bits per heavy atom. The lowest BCUT2D eigenvalue weighted by Crippen LogP contribution is -1.92. The third kappa shape index (κ3) is 3.49. The van der Waals surface area contributed by atoms with Gasteiger partial charge in [-0.1, -0.05) is 17.7 Å². The van der Waals surface area contributed by atoms with E-state index in [1.165, 1.54) is 6.08 Å². The van der Waals surface area contributed by atoms with Crippen molar-refractivity contribution in [3.8, 4) is 0 Å². The first-order valence-corrected chi connectivity index (χ1v) is 6.03. The first-order valence-electron chi connectivity index (χ1n) is 4.53. The van der Waals surface area contributed by atoms with E-state index in [4.69, 9.17) is 4.55 Å². The van der Waals surface area contributed by atoms with Crippen molar-refractivity contribution in [2.24, 2.45) is 0 Å². The Morgan fingerprint density at radius 1 is 1.13 bits per heavy atom. The largest absolute Gasteiger partial charge is 0.287 e. The van der Waals surface area contributed by atoms with E-state index in [-0.39, 0.29) is 0 Å². The molecule has 4 heteroatoms. The Bertz CT molecular complexity index is 476. The Hall–Kier alpha value is -1.13. The van der Waals surface area contributed by atoms with Gasteiger partial charge in [-0.05, 0) is 43.5 Å². The van der Waals surface area contributed by atoms with Gasteiger partial charge in [0.15, 0.2) is 0 Å². The molecule has 0 unspecified atom stereocenters. The summed E-state index contributed by atoms with van der Waals surface area (Å²) in [5, 5.41) is 0.803. The second-order valence-electron chi connectivity index (χ2n) is 3.63. The van der Waals surface area contributed by atoms with Crippen molar-refractivity contribution in [3.05, 3.63) is 39.8 Å². The molecule has 0 saturated carbocycles. The highest BCUT2D eigenvalue weighted by Gasteiger charge is 2.02. The zero-order valence-corrected chi connectivity index (χ0v) is 9.80. The van der Waals surface area contributed by atoms with Crippen LogP contribution in [0.25, 0.3) is 6.08 Å². The van der Waals surface area contributed by atoms with E-state index in [0.29, 0.717) is 0 Å². The van der Waals surface area contributed by atoms with Crippen LogP contribution in [0.1, 0.15) is 22.3 Å². The van der Waals surface area contributed by atoms with Crippen LogP contribution in [0.4, 0.5) is 0 Å². The molecule has 0 atom stereocenters. The molecule has 1 N–H and O–H groups in total. The average Bonchev–Trinajstić information content (AvgIpc) is 1.99. The van der Waals surface area contributed by atoms with Crippen molar-refractivity contribution in [2.45, 2.75) is 20.8 Å². The molecule has 0 radical (unpaired) electrons. The summed E-state index contributed by atoms with van der Waals surface area (Å²) in [6.07, 6.45) is 1.42. The van der Waals surface area contributed by atoms with Crippen molar-refractivity contribution in [1.29, 1.82) is 0 Å². The molecule has 0 fully saturated rings. The highest BCUT2D eigenvalue weighted by Crippen LogP contribution is 2.18. The Morgan fingerprint density at radius 2 is 1.60 bits per heavy atom. The van der Waals surface area contributed by atoms with Crippen molar-refractivity contribution in [1.82, 2.24) is 0 Å². The Balaban J connectivity index is 3.22. The van der Waals surface area contributed by atoms with Crippen molar-refractivity contribution in [2.75, 3.05) is 0 Å². The van der Waals surface area contributed by atoms with Crippen LogP contribution in [0, 0.1) is 20.8 Å². The fraction of sp³-hybridized carbons (Fsp3) is 0.273. The lowest BCUT2D eigenvalue weighted by molar-refractivity contribution is 0.494. The molecular formula is C11H14O3S. The van der Waals surface area contributed by atoms with Gasteiger partial charge in [-0.3, -0.25) is 4.55 Å². The van der Waals surface area contributed by atoms with Gasteiger partial charge in [-0.25, -0.2) is 0 Å². The zero-order valence-electron chi connectivity index (χ0n) is 8.98.